The molecule has 1 amide bonds. The summed E-state index contributed by atoms with van der Waals surface area (Å²) in [5.74, 6) is 0.0671. The highest BCUT2D eigenvalue weighted by atomic mass is 32.1. The Hall–Kier alpha value is -2.21. The molecule has 28 heavy (non-hydrogen) atoms. The summed E-state index contributed by atoms with van der Waals surface area (Å²) >= 11 is 1.76. The van der Waals surface area contributed by atoms with E-state index in [1.165, 1.54) is 9.75 Å². The van der Waals surface area contributed by atoms with Crippen molar-refractivity contribution in [3.8, 4) is 11.3 Å². The van der Waals surface area contributed by atoms with E-state index in [0.29, 0.717) is 12.1 Å². The van der Waals surface area contributed by atoms with Gasteiger partial charge in [-0.3, -0.25) is 4.79 Å². The summed E-state index contributed by atoms with van der Waals surface area (Å²) in [5.41, 5.74) is 3.44. The number of aryl methyl sites for hydroxylation is 2. The molecule has 0 saturated carbocycles. The number of carbonyl (C=O) groups is 1. The molecule has 0 bridgehead atoms. The first kappa shape index (κ1) is 20.5. The molecule has 5 nitrogen and oxygen atoms in total. The maximum atomic E-state index is 13.4. The van der Waals surface area contributed by atoms with Crippen LogP contribution in [0.25, 0.3) is 22.3 Å². The Bertz CT molecular complexity index is 986. The van der Waals surface area contributed by atoms with Gasteiger partial charge in [-0.05, 0) is 53.2 Å². The molecule has 6 heteroatoms. The van der Waals surface area contributed by atoms with E-state index in [1.54, 1.807) is 17.5 Å². The quantitative estimate of drug-likeness (QED) is 0.519. The molecule has 0 aliphatic heterocycles. The molecular formula is C22H30N4OS. The number of fused-ring (bicyclic) bond motifs is 1. The molecule has 150 valence electrons. The van der Waals surface area contributed by atoms with Crippen LogP contribution >= 0.6 is 11.3 Å². The summed E-state index contributed by atoms with van der Waals surface area (Å²) in [6, 6.07) is 4.30. The second-order valence-corrected chi connectivity index (χ2v) is 9.00. The minimum atomic E-state index is 0.0671. The number of hydrogen-bond donors (Lipinski definition) is 0. The lowest BCUT2D eigenvalue weighted by Crippen LogP contribution is -2.32. The van der Waals surface area contributed by atoms with Crippen LogP contribution in [0.5, 0.6) is 0 Å². The number of amides is 1. The smallest absolute Gasteiger partial charge is 0.254 e. The van der Waals surface area contributed by atoms with Gasteiger partial charge < -0.3 is 4.90 Å². The van der Waals surface area contributed by atoms with Gasteiger partial charge >= 0.3 is 0 Å². The number of pyridine rings is 1. The van der Waals surface area contributed by atoms with Crippen molar-refractivity contribution in [1.29, 1.82) is 0 Å². The number of unbranched alkanes of at least 4 members (excludes halogenated alkanes) is 1. The zero-order valence-corrected chi connectivity index (χ0v) is 18.6. The van der Waals surface area contributed by atoms with Crippen molar-refractivity contribution < 1.29 is 4.79 Å². The van der Waals surface area contributed by atoms with Crippen molar-refractivity contribution in [1.82, 2.24) is 19.7 Å². The first-order chi connectivity index (χ1) is 13.4. The van der Waals surface area contributed by atoms with Gasteiger partial charge in [-0.1, -0.05) is 13.3 Å². The van der Waals surface area contributed by atoms with Crippen LogP contribution in [-0.2, 0) is 0 Å². The van der Waals surface area contributed by atoms with E-state index < -0.39 is 0 Å². The maximum absolute atomic E-state index is 13.4. The minimum absolute atomic E-state index is 0.0671. The third-order valence-corrected chi connectivity index (χ3v) is 6.02. The van der Waals surface area contributed by atoms with Gasteiger partial charge in [0.2, 0.25) is 0 Å². The third kappa shape index (κ3) is 3.83. The van der Waals surface area contributed by atoms with Gasteiger partial charge in [0.25, 0.3) is 5.91 Å². The van der Waals surface area contributed by atoms with E-state index in [9.17, 15) is 4.79 Å². The number of nitrogens with zero attached hydrogens (tertiary/aromatic N) is 4. The third-order valence-electron chi connectivity index (χ3n) is 5.05. The molecular weight excluding hydrogens is 368 g/mol. The largest absolute Gasteiger partial charge is 0.339 e. The number of hydrogen-bond acceptors (Lipinski definition) is 4. The molecule has 0 unspecified atom stereocenters. The van der Waals surface area contributed by atoms with Crippen LogP contribution in [0.1, 0.15) is 66.7 Å². The SMILES string of the molecule is CCCCN(CC)C(=O)c1cc(-c2cc(C)sc2C)nc2c1cnn2C(C)C. The summed E-state index contributed by atoms with van der Waals surface area (Å²) < 4.78 is 1.91. The number of rotatable bonds is 7. The van der Waals surface area contributed by atoms with E-state index in [-0.39, 0.29) is 11.9 Å². The molecule has 0 aliphatic rings. The molecule has 0 saturated heterocycles. The van der Waals surface area contributed by atoms with E-state index in [2.05, 4.69) is 45.8 Å². The van der Waals surface area contributed by atoms with Gasteiger partial charge in [-0.15, -0.1) is 11.3 Å². The van der Waals surface area contributed by atoms with E-state index in [4.69, 9.17) is 4.98 Å². The number of carbonyl (C=O) groups excluding carboxylic acids is 1. The van der Waals surface area contributed by atoms with E-state index in [1.807, 2.05) is 22.6 Å². The normalized spacial score (nSPS) is 11.5. The van der Waals surface area contributed by atoms with Crippen LogP contribution in [0.2, 0.25) is 0 Å². The Kier molecular flexibility index (Phi) is 6.18. The van der Waals surface area contributed by atoms with Crippen LogP contribution < -0.4 is 0 Å². The average molecular weight is 399 g/mol. The summed E-state index contributed by atoms with van der Waals surface area (Å²) in [4.78, 5) is 22.7. The fourth-order valence-corrected chi connectivity index (χ4v) is 4.45. The molecule has 0 atom stereocenters. The highest BCUT2D eigenvalue weighted by Crippen LogP contribution is 2.33. The molecule has 3 aromatic rings. The summed E-state index contributed by atoms with van der Waals surface area (Å²) in [6.07, 6.45) is 3.87. The zero-order valence-electron chi connectivity index (χ0n) is 17.7. The van der Waals surface area contributed by atoms with E-state index >= 15 is 0 Å². The monoisotopic (exact) mass is 398 g/mol. The second-order valence-electron chi connectivity index (χ2n) is 7.54. The number of thiophene rings is 1. The van der Waals surface area contributed by atoms with Crippen LogP contribution in [-0.4, -0.2) is 38.7 Å². The lowest BCUT2D eigenvalue weighted by Gasteiger charge is -2.21. The van der Waals surface area contributed by atoms with Crippen LogP contribution in [0, 0.1) is 13.8 Å². The molecule has 0 radical (unpaired) electrons. The molecule has 0 spiro atoms. The predicted octanol–water partition coefficient (Wildman–Crippen LogP) is 5.62. The fraction of sp³-hybridized carbons (Fsp3) is 0.500. The summed E-state index contributed by atoms with van der Waals surface area (Å²) in [7, 11) is 0. The van der Waals surface area contributed by atoms with Gasteiger partial charge in [0.15, 0.2) is 5.65 Å². The van der Waals surface area contributed by atoms with Crippen molar-refractivity contribution in [3.63, 3.8) is 0 Å². The average Bonchev–Trinajstić information content (AvgIpc) is 3.23. The minimum Gasteiger partial charge on any atom is -0.339 e. The first-order valence-electron chi connectivity index (χ1n) is 10.1. The molecule has 0 aliphatic carbocycles. The molecule has 3 aromatic heterocycles. The van der Waals surface area contributed by atoms with Crippen LogP contribution in [0.3, 0.4) is 0 Å². The van der Waals surface area contributed by atoms with Crippen molar-refractivity contribution in [2.45, 2.75) is 60.4 Å². The van der Waals surface area contributed by atoms with Gasteiger partial charge in [-0.25, -0.2) is 9.67 Å². The molecule has 3 rings (SSSR count). The Morgan fingerprint density at radius 1 is 1.25 bits per heavy atom. The van der Waals surface area contributed by atoms with E-state index in [0.717, 1.165) is 41.7 Å². The van der Waals surface area contributed by atoms with Crippen LogP contribution in [0.4, 0.5) is 0 Å². The van der Waals surface area contributed by atoms with Gasteiger partial charge in [0.1, 0.15) is 0 Å². The predicted molar refractivity (Wildman–Crippen MR) is 117 cm³/mol. The second kappa shape index (κ2) is 8.43. The van der Waals surface area contributed by atoms with Crippen molar-refractivity contribution in [2.75, 3.05) is 13.1 Å². The lowest BCUT2D eigenvalue weighted by molar-refractivity contribution is 0.0764. The molecule has 0 aromatic carbocycles. The van der Waals surface area contributed by atoms with Gasteiger partial charge in [-0.2, -0.15) is 5.10 Å². The first-order valence-corrected chi connectivity index (χ1v) is 10.9. The van der Waals surface area contributed by atoms with Gasteiger partial charge in [0.05, 0.1) is 22.8 Å². The molecule has 3 heterocycles. The zero-order chi connectivity index (χ0) is 20.4. The molecule has 0 N–H and O–H groups in total. The highest BCUT2D eigenvalue weighted by molar-refractivity contribution is 7.12. The van der Waals surface area contributed by atoms with Crippen molar-refractivity contribution >= 4 is 28.3 Å². The summed E-state index contributed by atoms with van der Waals surface area (Å²) in [6.45, 7) is 14.1. The van der Waals surface area contributed by atoms with Crippen molar-refractivity contribution in [2.24, 2.45) is 0 Å². The van der Waals surface area contributed by atoms with Crippen LogP contribution in [0.15, 0.2) is 18.3 Å². The number of aromatic nitrogens is 3. The Morgan fingerprint density at radius 2 is 2.00 bits per heavy atom. The fourth-order valence-electron chi connectivity index (χ4n) is 3.52. The Balaban J connectivity index is 2.20. The maximum Gasteiger partial charge on any atom is 0.254 e. The lowest BCUT2D eigenvalue weighted by atomic mass is 10.1. The summed E-state index contributed by atoms with van der Waals surface area (Å²) in [5, 5.41) is 5.37. The van der Waals surface area contributed by atoms with Crippen molar-refractivity contribution in [3.05, 3.63) is 33.6 Å². The Labute approximate surface area is 171 Å². The topological polar surface area (TPSA) is 51.0 Å². The van der Waals surface area contributed by atoms with Gasteiger partial charge in [0, 0.05) is 34.4 Å². The standard InChI is InChI=1S/C22H30N4OS/c1-7-9-10-25(8-2)22(27)18-12-20(17-11-15(5)28-16(17)6)24-21-19(18)13-23-26(21)14(3)4/h11-14H,7-10H2,1-6H3. The molecule has 0 fully saturated rings. The Morgan fingerprint density at radius 3 is 2.57 bits per heavy atom. The highest BCUT2D eigenvalue weighted by Gasteiger charge is 2.22.